The van der Waals surface area contributed by atoms with E-state index in [0.717, 1.165) is 5.56 Å². The minimum atomic E-state index is -0.133. The van der Waals surface area contributed by atoms with Crippen molar-refractivity contribution in [2.75, 3.05) is 5.32 Å². The molecular formula is C14H19ClN2O2. The summed E-state index contributed by atoms with van der Waals surface area (Å²) in [6.45, 7) is 7.85. The Morgan fingerprint density at radius 1 is 1.37 bits per heavy atom. The van der Waals surface area contributed by atoms with E-state index < -0.39 is 0 Å². The number of halogens is 1. The predicted molar refractivity (Wildman–Crippen MR) is 75.3 cm³/mol. The van der Waals surface area contributed by atoms with Crippen molar-refractivity contribution in [3.63, 3.8) is 0 Å². The molecule has 4 nitrogen and oxygen atoms in total. The van der Waals surface area contributed by atoms with E-state index in [4.69, 9.17) is 16.3 Å². The lowest BCUT2D eigenvalue weighted by atomic mass is 9.89. The summed E-state index contributed by atoms with van der Waals surface area (Å²) in [5.74, 6) is 0.0511. The Balaban J connectivity index is 2.10. The summed E-state index contributed by atoms with van der Waals surface area (Å²) in [7, 11) is 0. The van der Waals surface area contributed by atoms with Gasteiger partial charge in [-0.2, -0.15) is 0 Å². The zero-order valence-corrected chi connectivity index (χ0v) is 12.4. The number of nitrogens with zero attached hydrogens (tertiary/aromatic N) is 1. The third kappa shape index (κ3) is 2.90. The Bertz CT molecular complexity index is 492. The van der Waals surface area contributed by atoms with E-state index >= 15 is 0 Å². The van der Waals surface area contributed by atoms with Gasteiger partial charge in [0.2, 0.25) is 5.91 Å². The minimum Gasteiger partial charge on any atom is -0.374 e. The van der Waals surface area contributed by atoms with E-state index in [0.29, 0.717) is 10.8 Å². The van der Waals surface area contributed by atoms with E-state index in [1.54, 1.807) is 6.20 Å². The maximum Gasteiger partial charge on any atom is 0.230 e. The van der Waals surface area contributed by atoms with Crippen LogP contribution in [0.25, 0.3) is 0 Å². The van der Waals surface area contributed by atoms with Crippen LogP contribution in [0.4, 0.5) is 5.69 Å². The molecule has 104 valence electrons. The van der Waals surface area contributed by atoms with Crippen molar-refractivity contribution < 1.29 is 9.53 Å². The molecule has 19 heavy (non-hydrogen) atoms. The Morgan fingerprint density at radius 3 is 2.58 bits per heavy atom. The molecule has 0 saturated carbocycles. The predicted octanol–water partition coefficient (Wildman–Crippen LogP) is 3.04. The van der Waals surface area contributed by atoms with Crippen LogP contribution in [-0.2, 0) is 9.53 Å². The number of hydrogen-bond acceptors (Lipinski definition) is 3. The third-order valence-electron chi connectivity index (χ3n) is 3.83. The molecule has 2 rings (SSSR count). The highest BCUT2D eigenvalue weighted by molar-refractivity contribution is 6.30. The lowest BCUT2D eigenvalue weighted by Gasteiger charge is -2.18. The third-order valence-corrected chi connectivity index (χ3v) is 4.22. The highest BCUT2D eigenvalue weighted by Crippen LogP contribution is 2.33. The van der Waals surface area contributed by atoms with Crippen molar-refractivity contribution in [2.45, 2.75) is 39.9 Å². The summed E-state index contributed by atoms with van der Waals surface area (Å²) in [5.41, 5.74) is 1.52. The van der Waals surface area contributed by atoms with Crippen molar-refractivity contribution in [3.8, 4) is 0 Å². The van der Waals surface area contributed by atoms with Gasteiger partial charge in [0.25, 0.3) is 0 Å². The molecule has 2 heterocycles. The van der Waals surface area contributed by atoms with Gasteiger partial charge in [-0.25, -0.2) is 4.98 Å². The Morgan fingerprint density at radius 2 is 2.05 bits per heavy atom. The summed E-state index contributed by atoms with van der Waals surface area (Å²) in [4.78, 5) is 16.4. The van der Waals surface area contributed by atoms with Gasteiger partial charge >= 0.3 is 0 Å². The SMILES string of the molecule is Cc1cc(NC(=O)C2C(C)OC(C)C2C)cnc1Cl. The molecule has 1 fully saturated rings. The molecule has 1 saturated heterocycles. The fourth-order valence-electron chi connectivity index (χ4n) is 2.57. The number of carbonyl (C=O) groups excluding carboxylic acids is 1. The summed E-state index contributed by atoms with van der Waals surface area (Å²) in [6.07, 6.45) is 1.61. The quantitative estimate of drug-likeness (QED) is 0.848. The van der Waals surface area contributed by atoms with Gasteiger partial charge in [-0.15, -0.1) is 0 Å². The van der Waals surface area contributed by atoms with Crippen molar-refractivity contribution in [1.29, 1.82) is 0 Å². The lowest BCUT2D eigenvalue weighted by Crippen LogP contribution is -2.32. The number of anilines is 1. The molecule has 1 aromatic heterocycles. The molecule has 1 aromatic rings. The lowest BCUT2D eigenvalue weighted by molar-refractivity contribution is -0.121. The summed E-state index contributed by atoms with van der Waals surface area (Å²) in [6, 6.07) is 1.82. The Hall–Kier alpha value is -1.13. The van der Waals surface area contributed by atoms with Crippen LogP contribution in [-0.4, -0.2) is 23.1 Å². The number of pyridine rings is 1. The smallest absolute Gasteiger partial charge is 0.230 e. The fraction of sp³-hybridized carbons (Fsp3) is 0.571. The minimum absolute atomic E-state index is 0.0205. The molecule has 0 spiro atoms. The van der Waals surface area contributed by atoms with Crippen LogP contribution < -0.4 is 5.32 Å². The molecule has 1 N–H and O–H groups in total. The topological polar surface area (TPSA) is 51.2 Å². The number of nitrogens with one attached hydrogen (secondary N) is 1. The van der Waals surface area contributed by atoms with Gasteiger partial charge in [0, 0.05) is 0 Å². The average Bonchev–Trinajstić information content (AvgIpc) is 2.58. The van der Waals surface area contributed by atoms with Gasteiger partial charge in [-0.05, 0) is 38.3 Å². The van der Waals surface area contributed by atoms with E-state index in [2.05, 4.69) is 10.3 Å². The number of rotatable bonds is 2. The van der Waals surface area contributed by atoms with Gasteiger partial charge in [-0.1, -0.05) is 18.5 Å². The molecular weight excluding hydrogens is 264 g/mol. The van der Waals surface area contributed by atoms with Crippen molar-refractivity contribution in [3.05, 3.63) is 23.0 Å². The number of carbonyl (C=O) groups is 1. The molecule has 4 unspecified atom stereocenters. The standard InChI is InChI=1S/C14H19ClN2O2/c1-7-5-11(6-16-13(7)15)17-14(18)12-8(2)9(3)19-10(12)4/h5-6,8-10,12H,1-4H3,(H,17,18). The Kier molecular flexibility index (Phi) is 4.11. The maximum absolute atomic E-state index is 12.3. The van der Waals surface area contributed by atoms with Crippen molar-refractivity contribution >= 4 is 23.2 Å². The second-order valence-electron chi connectivity index (χ2n) is 5.25. The second kappa shape index (κ2) is 5.47. The van der Waals surface area contributed by atoms with E-state index in [1.165, 1.54) is 0 Å². The van der Waals surface area contributed by atoms with Crippen molar-refractivity contribution in [1.82, 2.24) is 4.98 Å². The molecule has 1 amide bonds. The number of ether oxygens (including phenoxy) is 1. The normalized spacial score (nSPS) is 30.4. The first kappa shape index (κ1) is 14.3. The van der Waals surface area contributed by atoms with Gasteiger partial charge in [0.15, 0.2) is 0 Å². The van der Waals surface area contributed by atoms with Crippen LogP contribution in [0.5, 0.6) is 0 Å². The highest BCUT2D eigenvalue weighted by Gasteiger charge is 2.41. The van der Waals surface area contributed by atoms with Crippen LogP contribution in [0.3, 0.4) is 0 Å². The van der Waals surface area contributed by atoms with Gasteiger partial charge in [0.05, 0.1) is 30.0 Å². The largest absolute Gasteiger partial charge is 0.374 e. The second-order valence-corrected chi connectivity index (χ2v) is 5.61. The molecule has 1 aliphatic rings. The Labute approximate surface area is 118 Å². The van der Waals surface area contributed by atoms with Crippen molar-refractivity contribution in [2.24, 2.45) is 11.8 Å². The number of hydrogen-bond donors (Lipinski definition) is 1. The fourth-order valence-corrected chi connectivity index (χ4v) is 2.67. The van der Waals surface area contributed by atoms with E-state index in [1.807, 2.05) is 33.8 Å². The number of aromatic nitrogens is 1. The summed E-state index contributed by atoms with van der Waals surface area (Å²) in [5, 5.41) is 3.35. The molecule has 0 bridgehead atoms. The van der Waals surface area contributed by atoms with Gasteiger partial charge in [0.1, 0.15) is 5.15 Å². The molecule has 0 radical (unpaired) electrons. The molecule has 0 aromatic carbocycles. The first-order valence-corrected chi connectivity index (χ1v) is 6.86. The van der Waals surface area contributed by atoms with Crippen LogP contribution in [0.1, 0.15) is 26.3 Å². The van der Waals surface area contributed by atoms with Crippen LogP contribution in [0, 0.1) is 18.8 Å². The van der Waals surface area contributed by atoms with Gasteiger partial charge in [-0.3, -0.25) is 4.79 Å². The van der Waals surface area contributed by atoms with Gasteiger partial charge < -0.3 is 10.1 Å². The zero-order chi connectivity index (χ0) is 14.2. The first-order chi connectivity index (χ1) is 8.90. The highest BCUT2D eigenvalue weighted by atomic mass is 35.5. The first-order valence-electron chi connectivity index (χ1n) is 6.48. The number of amides is 1. The molecule has 5 heteroatoms. The maximum atomic E-state index is 12.3. The van der Waals surface area contributed by atoms with Crippen LogP contribution >= 0.6 is 11.6 Å². The monoisotopic (exact) mass is 282 g/mol. The van der Waals surface area contributed by atoms with Crippen LogP contribution in [0.15, 0.2) is 12.3 Å². The van der Waals surface area contributed by atoms with Crippen LogP contribution in [0.2, 0.25) is 5.15 Å². The molecule has 0 aliphatic carbocycles. The molecule has 1 aliphatic heterocycles. The summed E-state index contributed by atoms with van der Waals surface area (Å²) < 4.78 is 5.69. The van der Waals surface area contributed by atoms with E-state index in [-0.39, 0.29) is 30.0 Å². The summed E-state index contributed by atoms with van der Waals surface area (Å²) >= 11 is 5.87. The number of aryl methyl sites for hydroxylation is 1. The molecule has 4 atom stereocenters. The average molecular weight is 283 g/mol. The zero-order valence-electron chi connectivity index (χ0n) is 11.6. The van der Waals surface area contributed by atoms with E-state index in [9.17, 15) is 4.79 Å².